The second-order valence-corrected chi connectivity index (χ2v) is 3.35. The molecule has 0 saturated heterocycles. The van der Waals surface area contributed by atoms with Crippen molar-refractivity contribution in [2.75, 3.05) is 0 Å². The second kappa shape index (κ2) is 4.61. The van der Waals surface area contributed by atoms with Gasteiger partial charge >= 0.3 is 0 Å². The first-order valence-corrected chi connectivity index (χ1v) is 4.43. The molecular formula is C8H16N6. The smallest absolute Gasteiger partial charge is 0.157 e. The molecule has 0 aromatic carbocycles. The molecule has 0 amide bonds. The number of nitrogens with two attached hydrogens (primary N) is 2. The van der Waals surface area contributed by atoms with Crippen molar-refractivity contribution in [2.24, 2.45) is 16.8 Å². The summed E-state index contributed by atoms with van der Waals surface area (Å²) in [6.45, 7) is 4.68. The van der Waals surface area contributed by atoms with Gasteiger partial charge in [-0.05, 0) is 11.5 Å². The molecule has 6 heteroatoms. The van der Waals surface area contributed by atoms with Crippen molar-refractivity contribution < 1.29 is 0 Å². The Hall–Kier alpha value is -1.56. The van der Waals surface area contributed by atoms with Crippen molar-refractivity contribution in [3.05, 3.63) is 18.0 Å². The molecule has 6 nitrogen and oxygen atoms in total. The van der Waals surface area contributed by atoms with Crippen LogP contribution in [-0.2, 0) is 6.54 Å². The molecule has 0 bridgehead atoms. The Kier molecular flexibility index (Phi) is 3.47. The zero-order valence-electron chi connectivity index (χ0n) is 8.44. The molecule has 1 aromatic rings. The molecule has 14 heavy (non-hydrogen) atoms. The van der Waals surface area contributed by atoms with E-state index in [4.69, 9.17) is 11.7 Å². The van der Waals surface area contributed by atoms with Gasteiger partial charge in [-0.15, -0.1) is 0 Å². The third-order valence-electron chi connectivity index (χ3n) is 1.95. The monoisotopic (exact) mass is 196 g/mol. The number of nitrogens with one attached hydrogen (secondary N) is 1. The van der Waals surface area contributed by atoms with Crippen molar-refractivity contribution in [3.8, 4) is 0 Å². The van der Waals surface area contributed by atoms with E-state index in [1.54, 1.807) is 4.68 Å². The summed E-state index contributed by atoms with van der Waals surface area (Å²) in [6.07, 6.45) is 3.78. The minimum Gasteiger partial charge on any atom is -0.321 e. The third kappa shape index (κ3) is 2.46. The van der Waals surface area contributed by atoms with E-state index in [2.05, 4.69) is 29.5 Å². The van der Waals surface area contributed by atoms with Gasteiger partial charge in [-0.3, -0.25) is 4.68 Å². The largest absolute Gasteiger partial charge is 0.321 e. The van der Waals surface area contributed by atoms with Crippen molar-refractivity contribution in [1.29, 1.82) is 0 Å². The van der Waals surface area contributed by atoms with Crippen LogP contribution in [0.2, 0.25) is 0 Å². The average Bonchev–Trinajstić information content (AvgIpc) is 2.62. The van der Waals surface area contributed by atoms with Crippen molar-refractivity contribution in [1.82, 2.24) is 15.2 Å². The number of hydrogen-bond donors (Lipinski definition) is 3. The molecule has 1 aromatic heterocycles. The standard InChI is InChI=1S/C8H16N6/c1-6(2)7-3-11-14(4-7)5-8(12-9)13-10/h3-4,6H,5,9-10H2,1-2H3,(H,12,13). The van der Waals surface area contributed by atoms with E-state index < -0.39 is 0 Å². The van der Waals surface area contributed by atoms with Gasteiger partial charge in [0.1, 0.15) is 6.54 Å². The predicted molar refractivity (Wildman–Crippen MR) is 55.3 cm³/mol. The summed E-state index contributed by atoms with van der Waals surface area (Å²) in [5.74, 6) is 11.3. The summed E-state index contributed by atoms with van der Waals surface area (Å²) in [7, 11) is 0. The van der Waals surface area contributed by atoms with Gasteiger partial charge in [0.05, 0.1) is 6.20 Å². The number of hydrazine groups is 1. The van der Waals surface area contributed by atoms with Crippen molar-refractivity contribution >= 4 is 5.84 Å². The molecule has 0 aliphatic heterocycles. The van der Waals surface area contributed by atoms with Crippen molar-refractivity contribution in [3.63, 3.8) is 0 Å². The van der Waals surface area contributed by atoms with E-state index in [1.165, 1.54) is 5.56 Å². The first kappa shape index (κ1) is 10.5. The average molecular weight is 196 g/mol. The van der Waals surface area contributed by atoms with E-state index >= 15 is 0 Å². The molecule has 0 atom stereocenters. The van der Waals surface area contributed by atoms with E-state index in [0.717, 1.165) is 0 Å². The second-order valence-electron chi connectivity index (χ2n) is 3.35. The lowest BCUT2D eigenvalue weighted by molar-refractivity contribution is 0.701. The Morgan fingerprint density at radius 1 is 1.71 bits per heavy atom. The minimum atomic E-state index is 0.458. The SMILES string of the molecule is CC(C)c1cnn(C/C(=N/N)NN)c1. The van der Waals surface area contributed by atoms with Gasteiger partial charge in [-0.2, -0.15) is 10.2 Å². The minimum absolute atomic E-state index is 0.458. The van der Waals surface area contributed by atoms with Gasteiger partial charge in [-0.1, -0.05) is 13.8 Å². The number of hydrogen-bond acceptors (Lipinski definition) is 4. The Morgan fingerprint density at radius 3 is 2.86 bits per heavy atom. The molecule has 0 aliphatic carbocycles. The zero-order chi connectivity index (χ0) is 10.6. The van der Waals surface area contributed by atoms with Crippen LogP contribution in [-0.4, -0.2) is 15.6 Å². The van der Waals surface area contributed by atoms with Crippen LogP contribution in [0.25, 0.3) is 0 Å². The predicted octanol–water partition coefficient (Wildman–Crippen LogP) is -0.258. The summed E-state index contributed by atoms with van der Waals surface area (Å²) >= 11 is 0. The highest BCUT2D eigenvalue weighted by Crippen LogP contribution is 2.11. The van der Waals surface area contributed by atoms with Crippen molar-refractivity contribution in [2.45, 2.75) is 26.3 Å². The number of hydrazone groups is 1. The maximum absolute atomic E-state index is 5.20. The molecule has 5 N–H and O–H groups in total. The summed E-state index contributed by atoms with van der Waals surface area (Å²) in [6, 6.07) is 0. The fourth-order valence-electron chi connectivity index (χ4n) is 1.04. The van der Waals surface area contributed by atoms with Gasteiger partial charge in [0.15, 0.2) is 5.84 Å². The topological polar surface area (TPSA) is 94.2 Å². The molecule has 0 fully saturated rings. The lowest BCUT2D eigenvalue weighted by atomic mass is 10.1. The van der Waals surface area contributed by atoms with Crippen LogP contribution in [0, 0.1) is 0 Å². The number of aromatic nitrogens is 2. The first-order chi connectivity index (χ1) is 6.67. The summed E-state index contributed by atoms with van der Waals surface area (Å²) in [5, 5.41) is 7.63. The van der Waals surface area contributed by atoms with Gasteiger partial charge in [0.2, 0.25) is 0 Å². The molecular weight excluding hydrogens is 180 g/mol. The van der Waals surface area contributed by atoms with Crippen LogP contribution in [0.15, 0.2) is 17.5 Å². The van der Waals surface area contributed by atoms with Crippen LogP contribution in [0.1, 0.15) is 25.3 Å². The van der Waals surface area contributed by atoms with Gasteiger partial charge < -0.3 is 11.3 Å². The van der Waals surface area contributed by atoms with E-state index in [1.807, 2.05) is 12.4 Å². The molecule has 1 rings (SSSR count). The van der Waals surface area contributed by atoms with Crippen LogP contribution in [0.4, 0.5) is 0 Å². The molecule has 0 saturated carbocycles. The number of rotatable bonds is 3. The Bertz CT molecular complexity index is 313. The van der Waals surface area contributed by atoms with E-state index in [0.29, 0.717) is 18.3 Å². The molecule has 0 spiro atoms. The Balaban J connectivity index is 2.68. The lowest BCUT2D eigenvalue weighted by Gasteiger charge is -2.03. The summed E-state index contributed by atoms with van der Waals surface area (Å²) < 4.78 is 1.74. The molecule has 1 heterocycles. The Labute approximate surface area is 82.9 Å². The quantitative estimate of drug-likeness (QED) is 0.269. The maximum atomic E-state index is 5.20. The summed E-state index contributed by atoms with van der Waals surface area (Å²) in [5.41, 5.74) is 3.58. The summed E-state index contributed by atoms with van der Waals surface area (Å²) in [4.78, 5) is 0. The maximum Gasteiger partial charge on any atom is 0.157 e. The highest BCUT2D eigenvalue weighted by molar-refractivity contribution is 5.80. The fourth-order valence-corrected chi connectivity index (χ4v) is 1.04. The normalized spacial score (nSPS) is 12.1. The van der Waals surface area contributed by atoms with Gasteiger partial charge in [0, 0.05) is 6.20 Å². The van der Waals surface area contributed by atoms with E-state index in [-0.39, 0.29) is 0 Å². The van der Waals surface area contributed by atoms with Crippen LogP contribution in [0.5, 0.6) is 0 Å². The highest BCUT2D eigenvalue weighted by atomic mass is 15.3. The van der Waals surface area contributed by atoms with Gasteiger partial charge in [-0.25, -0.2) is 5.84 Å². The molecule has 0 aliphatic rings. The first-order valence-electron chi connectivity index (χ1n) is 4.43. The fraction of sp³-hybridized carbons (Fsp3) is 0.500. The highest BCUT2D eigenvalue weighted by Gasteiger charge is 2.04. The van der Waals surface area contributed by atoms with Crippen LogP contribution in [0.3, 0.4) is 0 Å². The molecule has 78 valence electrons. The molecule has 0 unspecified atom stereocenters. The van der Waals surface area contributed by atoms with Crippen LogP contribution >= 0.6 is 0 Å². The number of nitrogens with zero attached hydrogens (tertiary/aromatic N) is 3. The van der Waals surface area contributed by atoms with E-state index in [9.17, 15) is 0 Å². The third-order valence-corrected chi connectivity index (χ3v) is 1.95. The lowest BCUT2D eigenvalue weighted by Crippen LogP contribution is -2.34. The van der Waals surface area contributed by atoms with Gasteiger partial charge in [0.25, 0.3) is 0 Å². The zero-order valence-corrected chi connectivity index (χ0v) is 8.44. The Morgan fingerprint density at radius 2 is 2.43 bits per heavy atom. The van der Waals surface area contributed by atoms with Crippen LogP contribution < -0.4 is 17.1 Å². The molecule has 0 radical (unpaired) electrons. The number of amidine groups is 1.